The first-order chi connectivity index (χ1) is 11.6. The number of phenolic OH excluding ortho intramolecular Hbond substituents is 1. The van der Waals surface area contributed by atoms with Crippen molar-refractivity contribution < 1.29 is 24.5 Å². The number of ether oxygens (including phenoxy) is 1. The summed E-state index contributed by atoms with van der Waals surface area (Å²) >= 11 is 0. The number of rotatable bonds is 7. The summed E-state index contributed by atoms with van der Waals surface area (Å²) in [5.74, 6) is -1.57. The first-order valence-electron chi connectivity index (χ1n) is 7.53. The van der Waals surface area contributed by atoms with Crippen molar-refractivity contribution in [2.45, 2.75) is 18.9 Å². The molecular formula is C18H19NO5. The van der Waals surface area contributed by atoms with Crippen LogP contribution in [0.15, 0.2) is 54.6 Å². The van der Waals surface area contributed by atoms with E-state index in [9.17, 15) is 19.8 Å². The van der Waals surface area contributed by atoms with Crippen LogP contribution in [-0.2, 0) is 16.1 Å². The second kappa shape index (κ2) is 8.57. The molecule has 0 radical (unpaired) electrons. The Kier molecular flexibility index (Phi) is 6.19. The minimum absolute atomic E-state index is 0.0559. The molecule has 0 aliphatic rings. The Bertz CT molecular complexity index is 687. The molecule has 0 bridgehead atoms. The third-order valence-corrected chi connectivity index (χ3v) is 3.55. The van der Waals surface area contributed by atoms with Crippen LogP contribution < -0.4 is 5.32 Å². The lowest BCUT2D eigenvalue weighted by Crippen LogP contribution is -2.27. The van der Waals surface area contributed by atoms with Gasteiger partial charge in [-0.1, -0.05) is 48.5 Å². The fourth-order valence-electron chi connectivity index (χ4n) is 2.26. The van der Waals surface area contributed by atoms with Gasteiger partial charge in [-0.2, -0.15) is 0 Å². The fourth-order valence-corrected chi connectivity index (χ4v) is 2.26. The number of hydrogen-bond donors (Lipinski definition) is 3. The number of hydrogen-bond acceptors (Lipinski definition) is 4. The number of carboxylic acids is 1. The van der Waals surface area contributed by atoms with Gasteiger partial charge in [-0.15, -0.1) is 0 Å². The smallest absolute Gasteiger partial charge is 0.407 e. The van der Waals surface area contributed by atoms with Crippen molar-refractivity contribution >= 4 is 12.1 Å². The Morgan fingerprint density at radius 3 is 2.38 bits per heavy atom. The lowest BCUT2D eigenvalue weighted by Gasteiger charge is -2.13. The highest BCUT2D eigenvalue weighted by Crippen LogP contribution is 2.19. The molecule has 6 nitrogen and oxygen atoms in total. The molecule has 0 aliphatic carbocycles. The highest BCUT2D eigenvalue weighted by molar-refractivity contribution is 5.76. The zero-order valence-electron chi connectivity index (χ0n) is 13.0. The summed E-state index contributed by atoms with van der Waals surface area (Å²) in [5.41, 5.74) is 1.19. The zero-order chi connectivity index (χ0) is 17.4. The van der Waals surface area contributed by atoms with Crippen LogP contribution in [0, 0.1) is 0 Å². The van der Waals surface area contributed by atoms with Crippen LogP contribution >= 0.6 is 0 Å². The summed E-state index contributed by atoms with van der Waals surface area (Å²) in [4.78, 5) is 23.0. The van der Waals surface area contributed by atoms with E-state index >= 15 is 0 Å². The molecule has 1 atom stereocenters. The van der Waals surface area contributed by atoms with E-state index in [2.05, 4.69) is 5.32 Å². The van der Waals surface area contributed by atoms with Gasteiger partial charge in [-0.05, 0) is 18.1 Å². The first-order valence-corrected chi connectivity index (χ1v) is 7.53. The molecular weight excluding hydrogens is 310 g/mol. The number of aliphatic carboxylic acids is 1. The van der Waals surface area contributed by atoms with Crippen molar-refractivity contribution in [1.29, 1.82) is 0 Å². The van der Waals surface area contributed by atoms with Crippen LogP contribution in [0.2, 0.25) is 0 Å². The number of carbonyl (C=O) groups is 2. The normalized spacial score (nSPS) is 11.5. The van der Waals surface area contributed by atoms with Crippen molar-refractivity contribution in [2.75, 3.05) is 6.54 Å². The lowest BCUT2D eigenvalue weighted by atomic mass is 9.96. The van der Waals surface area contributed by atoms with Gasteiger partial charge in [0, 0.05) is 12.1 Å². The van der Waals surface area contributed by atoms with E-state index in [1.54, 1.807) is 42.5 Å². The highest BCUT2D eigenvalue weighted by Gasteiger charge is 2.19. The summed E-state index contributed by atoms with van der Waals surface area (Å²) < 4.78 is 5.00. The average molecular weight is 329 g/mol. The molecule has 0 heterocycles. The molecule has 0 saturated carbocycles. The van der Waals surface area contributed by atoms with Gasteiger partial charge in [-0.3, -0.25) is 4.79 Å². The van der Waals surface area contributed by atoms with Crippen LogP contribution in [0.1, 0.15) is 23.5 Å². The number of amides is 1. The number of carboxylic acid groups (broad SMARTS) is 1. The minimum Gasteiger partial charge on any atom is -0.508 e. The second-order valence-electron chi connectivity index (χ2n) is 5.22. The predicted molar refractivity (Wildman–Crippen MR) is 87.7 cm³/mol. The van der Waals surface area contributed by atoms with E-state index in [-0.39, 0.29) is 25.3 Å². The molecule has 0 aromatic heterocycles. The largest absolute Gasteiger partial charge is 0.508 e. The van der Waals surface area contributed by atoms with Gasteiger partial charge in [0.05, 0.1) is 5.92 Å². The van der Waals surface area contributed by atoms with Crippen molar-refractivity contribution in [3.63, 3.8) is 0 Å². The molecule has 6 heteroatoms. The molecule has 0 saturated heterocycles. The SMILES string of the molecule is O=C(NCCC(C(=O)O)c1ccccc1)OCc1ccccc1O. The molecule has 1 unspecified atom stereocenters. The summed E-state index contributed by atoms with van der Waals surface area (Å²) in [6.07, 6.45) is -0.402. The summed E-state index contributed by atoms with van der Waals surface area (Å²) in [6, 6.07) is 15.4. The lowest BCUT2D eigenvalue weighted by molar-refractivity contribution is -0.138. The van der Waals surface area contributed by atoms with Gasteiger partial charge in [0.2, 0.25) is 0 Å². The van der Waals surface area contributed by atoms with Gasteiger partial charge >= 0.3 is 12.1 Å². The molecule has 2 aromatic carbocycles. The van der Waals surface area contributed by atoms with E-state index < -0.39 is 18.0 Å². The molecule has 0 aliphatic heterocycles. The molecule has 3 N–H and O–H groups in total. The monoisotopic (exact) mass is 329 g/mol. The standard InChI is InChI=1S/C18H19NO5/c20-16-9-5-4-8-14(16)12-24-18(23)19-11-10-15(17(21)22)13-6-2-1-3-7-13/h1-9,15,20H,10-12H2,(H,19,23)(H,21,22). The van der Waals surface area contributed by atoms with Gasteiger partial charge in [0.15, 0.2) is 0 Å². The van der Waals surface area contributed by atoms with Crippen LogP contribution in [-0.4, -0.2) is 28.8 Å². The maximum Gasteiger partial charge on any atom is 0.407 e. The van der Waals surface area contributed by atoms with Gasteiger partial charge in [0.25, 0.3) is 0 Å². The molecule has 24 heavy (non-hydrogen) atoms. The van der Waals surface area contributed by atoms with Crippen LogP contribution in [0.5, 0.6) is 5.75 Å². The number of aromatic hydroxyl groups is 1. The van der Waals surface area contributed by atoms with Gasteiger partial charge in [0.1, 0.15) is 12.4 Å². The predicted octanol–water partition coefficient (Wildman–Crippen LogP) is 2.88. The number of para-hydroxylation sites is 1. The Labute approximate surface area is 139 Å². The third kappa shape index (κ3) is 5.01. The Balaban J connectivity index is 1.79. The fraction of sp³-hybridized carbons (Fsp3) is 0.222. The summed E-state index contributed by atoms with van der Waals surface area (Å²) in [6.45, 7) is 0.116. The second-order valence-corrected chi connectivity index (χ2v) is 5.22. The molecule has 2 rings (SSSR count). The Morgan fingerprint density at radius 2 is 1.71 bits per heavy atom. The quantitative estimate of drug-likeness (QED) is 0.726. The minimum atomic E-state index is -0.939. The van der Waals surface area contributed by atoms with Crippen molar-refractivity contribution in [1.82, 2.24) is 5.32 Å². The third-order valence-electron chi connectivity index (χ3n) is 3.55. The average Bonchev–Trinajstić information content (AvgIpc) is 2.58. The van der Waals surface area contributed by atoms with Crippen molar-refractivity contribution in [2.24, 2.45) is 0 Å². The number of benzene rings is 2. The first kappa shape index (κ1) is 17.3. The highest BCUT2D eigenvalue weighted by atomic mass is 16.5. The number of alkyl carbamates (subject to hydrolysis) is 1. The molecule has 126 valence electrons. The molecule has 1 amide bonds. The molecule has 0 fully saturated rings. The van der Waals surface area contributed by atoms with E-state index in [0.29, 0.717) is 11.1 Å². The Hall–Kier alpha value is -3.02. The van der Waals surface area contributed by atoms with Crippen LogP contribution in [0.4, 0.5) is 4.79 Å². The van der Waals surface area contributed by atoms with E-state index in [4.69, 9.17) is 4.74 Å². The van der Waals surface area contributed by atoms with E-state index in [1.807, 2.05) is 6.07 Å². The Morgan fingerprint density at radius 1 is 1.04 bits per heavy atom. The number of nitrogens with one attached hydrogen (secondary N) is 1. The summed E-state index contributed by atoms with van der Waals surface area (Å²) in [7, 11) is 0. The molecule has 0 spiro atoms. The molecule has 2 aromatic rings. The van der Waals surface area contributed by atoms with Gasteiger partial charge < -0.3 is 20.3 Å². The van der Waals surface area contributed by atoms with Crippen LogP contribution in [0.3, 0.4) is 0 Å². The van der Waals surface area contributed by atoms with Crippen molar-refractivity contribution in [3.05, 3.63) is 65.7 Å². The maximum atomic E-state index is 11.7. The van der Waals surface area contributed by atoms with E-state index in [0.717, 1.165) is 0 Å². The number of carbonyl (C=O) groups excluding carboxylic acids is 1. The van der Waals surface area contributed by atoms with Crippen molar-refractivity contribution in [3.8, 4) is 5.75 Å². The zero-order valence-corrected chi connectivity index (χ0v) is 13.0. The maximum absolute atomic E-state index is 11.7. The number of phenols is 1. The summed E-state index contributed by atoms with van der Waals surface area (Å²) in [5, 5.41) is 21.4. The topological polar surface area (TPSA) is 95.9 Å². The van der Waals surface area contributed by atoms with E-state index in [1.165, 1.54) is 6.07 Å². The van der Waals surface area contributed by atoms with Crippen LogP contribution in [0.25, 0.3) is 0 Å². The van der Waals surface area contributed by atoms with Gasteiger partial charge in [-0.25, -0.2) is 4.79 Å².